The van der Waals surface area contributed by atoms with Crippen LogP contribution in [0.15, 0.2) is 66.7 Å². The van der Waals surface area contributed by atoms with Crippen molar-refractivity contribution in [3.8, 4) is 0 Å². The molecule has 3 aromatic rings. The lowest BCUT2D eigenvalue weighted by Gasteiger charge is -2.10. The van der Waals surface area contributed by atoms with Gasteiger partial charge in [0.2, 0.25) is 0 Å². The number of amides is 1. The molecule has 0 radical (unpaired) electrons. The molecular formula is C23H20N4O7. The molecule has 11 heteroatoms. The molecule has 0 heterocycles. The fourth-order valence-electron chi connectivity index (χ4n) is 3.11. The van der Waals surface area contributed by atoms with Gasteiger partial charge in [-0.15, -0.1) is 0 Å². The van der Waals surface area contributed by atoms with Crippen molar-refractivity contribution in [2.75, 3.05) is 17.2 Å². The third-order valence-corrected chi connectivity index (χ3v) is 4.87. The summed E-state index contributed by atoms with van der Waals surface area (Å²) in [5.74, 6) is -1.64. The van der Waals surface area contributed by atoms with Crippen molar-refractivity contribution in [2.45, 2.75) is 13.5 Å². The first-order valence-corrected chi connectivity index (χ1v) is 10.0. The van der Waals surface area contributed by atoms with Crippen LogP contribution in [0.2, 0.25) is 0 Å². The molecule has 0 aliphatic carbocycles. The molecular weight excluding hydrogens is 444 g/mol. The van der Waals surface area contributed by atoms with E-state index in [2.05, 4.69) is 10.6 Å². The molecule has 0 bridgehead atoms. The summed E-state index contributed by atoms with van der Waals surface area (Å²) in [7, 11) is 0. The van der Waals surface area contributed by atoms with E-state index < -0.39 is 28.3 Å². The fraction of sp³-hybridized carbons (Fsp3) is 0.130. The van der Waals surface area contributed by atoms with E-state index in [9.17, 15) is 29.8 Å². The van der Waals surface area contributed by atoms with E-state index in [1.165, 1.54) is 37.3 Å². The largest absolute Gasteiger partial charge is 0.452 e. The Balaban J connectivity index is 1.63. The molecule has 0 aromatic heterocycles. The van der Waals surface area contributed by atoms with Crippen molar-refractivity contribution in [3.05, 3.63) is 104 Å². The molecule has 11 nitrogen and oxygen atoms in total. The van der Waals surface area contributed by atoms with E-state index in [-0.39, 0.29) is 33.9 Å². The third kappa shape index (κ3) is 5.91. The number of carbonyl (C=O) groups excluding carboxylic acids is 2. The Hall–Kier alpha value is -4.80. The molecule has 0 saturated carbocycles. The van der Waals surface area contributed by atoms with Crippen LogP contribution in [-0.4, -0.2) is 28.3 Å². The van der Waals surface area contributed by atoms with Crippen molar-refractivity contribution >= 4 is 34.6 Å². The van der Waals surface area contributed by atoms with Crippen LogP contribution < -0.4 is 10.6 Å². The van der Waals surface area contributed by atoms with Gasteiger partial charge in [-0.2, -0.15) is 0 Å². The van der Waals surface area contributed by atoms with Crippen molar-refractivity contribution in [1.29, 1.82) is 0 Å². The van der Waals surface area contributed by atoms with Crippen LogP contribution in [0, 0.1) is 27.2 Å². The Bertz CT molecular complexity index is 1250. The number of benzene rings is 3. The SMILES string of the molecule is Cc1c(NC(=O)COC(=O)c2ccc(NCc3ccccc3)c([N+](=O)[O-])c2)cccc1[N+](=O)[O-]. The van der Waals surface area contributed by atoms with Gasteiger partial charge in [0.25, 0.3) is 17.3 Å². The molecule has 0 spiro atoms. The van der Waals surface area contributed by atoms with E-state index >= 15 is 0 Å². The summed E-state index contributed by atoms with van der Waals surface area (Å²) in [6.07, 6.45) is 0. The van der Waals surface area contributed by atoms with Crippen LogP contribution in [0.3, 0.4) is 0 Å². The van der Waals surface area contributed by atoms with Crippen LogP contribution in [0.25, 0.3) is 0 Å². The van der Waals surface area contributed by atoms with Crippen molar-refractivity contribution in [3.63, 3.8) is 0 Å². The summed E-state index contributed by atoms with van der Waals surface area (Å²) >= 11 is 0. The van der Waals surface area contributed by atoms with Crippen LogP contribution in [0.1, 0.15) is 21.5 Å². The van der Waals surface area contributed by atoms with Gasteiger partial charge in [-0.05, 0) is 30.7 Å². The summed E-state index contributed by atoms with van der Waals surface area (Å²) in [5, 5.41) is 27.9. The van der Waals surface area contributed by atoms with Crippen LogP contribution in [0.5, 0.6) is 0 Å². The standard InChI is InChI=1S/C23H20N4O7/c1-15-18(8-5-9-20(15)26(30)31)25-22(28)14-34-23(29)17-10-11-19(21(12-17)27(32)33)24-13-16-6-3-2-4-7-16/h2-12,24H,13-14H2,1H3,(H,25,28). The molecule has 0 aliphatic heterocycles. The predicted octanol–water partition coefficient (Wildman–Crippen LogP) is 4.22. The topological polar surface area (TPSA) is 154 Å². The second kappa shape index (κ2) is 10.7. The zero-order valence-corrected chi connectivity index (χ0v) is 18.0. The molecule has 34 heavy (non-hydrogen) atoms. The Kier molecular flexibility index (Phi) is 7.49. The van der Waals surface area contributed by atoms with E-state index in [0.29, 0.717) is 6.54 Å². The minimum absolute atomic E-state index is 0.101. The number of nitrogens with one attached hydrogen (secondary N) is 2. The third-order valence-electron chi connectivity index (χ3n) is 4.87. The van der Waals surface area contributed by atoms with E-state index in [1.54, 1.807) is 0 Å². The molecule has 0 saturated heterocycles. The Labute approximate surface area is 193 Å². The number of anilines is 2. The maximum atomic E-state index is 12.3. The predicted molar refractivity (Wildman–Crippen MR) is 124 cm³/mol. The van der Waals surface area contributed by atoms with E-state index in [0.717, 1.165) is 11.6 Å². The molecule has 2 N–H and O–H groups in total. The van der Waals surface area contributed by atoms with Crippen LogP contribution in [-0.2, 0) is 16.1 Å². The average molecular weight is 464 g/mol. The van der Waals surface area contributed by atoms with Crippen molar-refractivity contribution in [2.24, 2.45) is 0 Å². The Morgan fingerprint density at radius 2 is 1.59 bits per heavy atom. The number of hydrogen-bond acceptors (Lipinski definition) is 8. The molecule has 0 aliphatic rings. The highest BCUT2D eigenvalue weighted by molar-refractivity contribution is 5.96. The van der Waals surface area contributed by atoms with Gasteiger partial charge in [0.1, 0.15) is 5.69 Å². The number of hydrogen-bond donors (Lipinski definition) is 2. The van der Waals surface area contributed by atoms with E-state index in [4.69, 9.17) is 4.74 Å². The minimum Gasteiger partial charge on any atom is -0.452 e. The first kappa shape index (κ1) is 23.9. The van der Waals surface area contributed by atoms with Gasteiger partial charge in [0.05, 0.1) is 26.7 Å². The molecule has 3 rings (SSSR count). The number of nitro benzene ring substituents is 2. The number of nitrogens with zero attached hydrogens (tertiary/aromatic N) is 2. The molecule has 0 unspecified atom stereocenters. The number of nitro groups is 2. The molecule has 0 atom stereocenters. The van der Waals surface area contributed by atoms with Gasteiger partial charge in [0, 0.05) is 18.7 Å². The molecule has 174 valence electrons. The highest BCUT2D eigenvalue weighted by Gasteiger charge is 2.20. The monoisotopic (exact) mass is 464 g/mol. The first-order chi connectivity index (χ1) is 16.3. The van der Waals surface area contributed by atoms with Gasteiger partial charge in [-0.1, -0.05) is 36.4 Å². The van der Waals surface area contributed by atoms with Crippen molar-refractivity contribution < 1.29 is 24.2 Å². The van der Waals surface area contributed by atoms with Gasteiger partial charge in [-0.3, -0.25) is 25.0 Å². The first-order valence-electron chi connectivity index (χ1n) is 10.0. The summed E-state index contributed by atoms with van der Waals surface area (Å²) in [6.45, 7) is 1.15. The van der Waals surface area contributed by atoms with Gasteiger partial charge in [-0.25, -0.2) is 4.79 Å². The average Bonchev–Trinajstić information content (AvgIpc) is 2.82. The van der Waals surface area contributed by atoms with Crippen LogP contribution >= 0.6 is 0 Å². The molecule has 3 aromatic carbocycles. The maximum absolute atomic E-state index is 12.3. The fourth-order valence-corrected chi connectivity index (χ4v) is 3.11. The molecule has 1 amide bonds. The van der Waals surface area contributed by atoms with Gasteiger partial charge < -0.3 is 15.4 Å². The maximum Gasteiger partial charge on any atom is 0.338 e. The zero-order valence-electron chi connectivity index (χ0n) is 18.0. The summed E-state index contributed by atoms with van der Waals surface area (Å²) in [6, 6.07) is 17.3. The normalized spacial score (nSPS) is 10.3. The van der Waals surface area contributed by atoms with Gasteiger partial charge >= 0.3 is 5.97 Å². The highest BCUT2D eigenvalue weighted by Crippen LogP contribution is 2.27. The van der Waals surface area contributed by atoms with Crippen LogP contribution in [0.4, 0.5) is 22.7 Å². The number of ether oxygens (including phenoxy) is 1. The minimum atomic E-state index is -0.927. The number of esters is 1. The van der Waals surface area contributed by atoms with E-state index in [1.807, 2.05) is 30.3 Å². The lowest BCUT2D eigenvalue weighted by Crippen LogP contribution is -2.21. The summed E-state index contributed by atoms with van der Waals surface area (Å²) in [5.41, 5.74) is 1.03. The zero-order chi connectivity index (χ0) is 24.7. The molecule has 0 fully saturated rings. The number of carbonyl (C=O) groups is 2. The second-order valence-corrected chi connectivity index (χ2v) is 7.16. The summed E-state index contributed by atoms with van der Waals surface area (Å²) in [4.78, 5) is 45.8. The lowest BCUT2D eigenvalue weighted by molar-refractivity contribution is -0.385. The Morgan fingerprint density at radius 3 is 2.26 bits per heavy atom. The smallest absolute Gasteiger partial charge is 0.338 e. The second-order valence-electron chi connectivity index (χ2n) is 7.16. The lowest BCUT2D eigenvalue weighted by atomic mass is 10.1. The highest BCUT2D eigenvalue weighted by atomic mass is 16.6. The Morgan fingerprint density at radius 1 is 0.882 bits per heavy atom. The van der Waals surface area contributed by atoms with Gasteiger partial charge in [0.15, 0.2) is 6.61 Å². The number of rotatable bonds is 9. The quantitative estimate of drug-likeness (QED) is 0.271. The summed E-state index contributed by atoms with van der Waals surface area (Å²) < 4.78 is 4.96. The van der Waals surface area contributed by atoms with Crippen molar-refractivity contribution in [1.82, 2.24) is 0 Å².